The van der Waals surface area contributed by atoms with Crippen LogP contribution in [0.3, 0.4) is 0 Å². The number of carbonyl (C=O) groups is 1. The van der Waals surface area contributed by atoms with Crippen molar-refractivity contribution in [3.8, 4) is 0 Å². The van der Waals surface area contributed by atoms with E-state index in [0.29, 0.717) is 5.69 Å². The van der Waals surface area contributed by atoms with Gasteiger partial charge in [0.15, 0.2) is 5.69 Å². The van der Waals surface area contributed by atoms with Gasteiger partial charge in [-0.2, -0.15) is 0 Å². The third-order valence-corrected chi connectivity index (χ3v) is 3.71. The molecule has 0 spiro atoms. The number of ether oxygens (including phenoxy) is 1. The number of nitrogens with zero attached hydrogens (tertiary/aromatic N) is 3. The first kappa shape index (κ1) is 14.9. The van der Waals surface area contributed by atoms with Crippen molar-refractivity contribution < 1.29 is 14.6 Å². The first-order valence-electron chi connectivity index (χ1n) is 7.18. The average Bonchev–Trinajstić information content (AvgIpc) is 2.75. The highest BCUT2D eigenvalue weighted by atomic mass is 16.5. The Bertz CT molecular complexity index is 460. The molecule has 1 saturated carbocycles. The Balaban J connectivity index is 2.29. The van der Waals surface area contributed by atoms with Crippen LogP contribution in [0, 0.1) is 0 Å². The molecule has 0 aliphatic heterocycles. The van der Waals surface area contributed by atoms with Gasteiger partial charge in [-0.15, -0.1) is 5.10 Å². The molecule has 7 nitrogen and oxygen atoms in total. The van der Waals surface area contributed by atoms with Crippen LogP contribution in [0.25, 0.3) is 0 Å². The molecule has 1 aliphatic rings. The summed E-state index contributed by atoms with van der Waals surface area (Å²) >= 11 is 0. The van der Waals surface area contributed by atoms with E-state index in [1.165, 1.54) is 0 Å². The van der Waals surface area contributed by atoms with Crippen molar-refractivity contribution >= 4 is 5.97 Å². The minimum atomic E-state index is -0.512. The van der Waals surface area contributed by atoms with Gasteiger partial charge in [-0.05, 0) is 19.8 Å². The molecule has 1 fully saturated rings. The van der Waals surface area contributed by atoms with Crippen molar-refractivity contribution in [2.24, 2.45) is 5.73 Å². The highest BCUT2D eigenvalue weighted by Crippen LogP contribution is 2.28. The summed E-state index contributed by atoms with van der Waals surface area (Å²) in [4.78, 5) is 11.8. The molecule has 0 amide bonds. The van der Waals surface area contributed by atoms with Crippen molar-refractivity contribution in [1.29, 1.82) is 0 Å². The Hall–Kier alpha value is -1.47. The molecule has 3 N–H and O–H groups in total. The van der Waals surface area contributed by atoms with E-state index in [1.807, 2.05) is 0 Å². The van der Waals surface area contributed by atoms with Crippen molar-refractivity contribution in [3.05, 3.63) is 11.4 Å². The van der Waals surface area contributed by atoms with Gasteiger partial charge in [0.1, 0.15) is 0 Å². The molecule has 1 aromatic heterocycles. The Labute approximate surface area is 118 Å². The normalized spacial score (nSPS) is 23.4. The molecule has 0 aromatic carbocycles. The number of aromatic nitrogens is 3. The summed E-state index contributed by atoms with van der Waals surface area (Å²) in [7, 11) is 0. The zero-order valence-corrected chi connectivity index (χ0v) is 11.8. The number of carbonyl (C=O) groups excluding carboxylic acids is 1. The summed E-state index contributed by atoms with van der Waals surface area (Å²) in [6.07, 6.45) is 4.23. The molecular formula is C13H22N4O3. The highest BCUT2D eigenvalue weighted by molar-refractivity contribution is 5.88. The molecule has 112 valence electrons. The van der Waals surface area contributed by atoms with Gasteiger partial charge < -0.3 is 15.6 Å². The van der Waals surface area contributed by atoms with Gasteiger partial charge in [-0.25, -0.2) is 9.48 Å². The van der Waals surface area contributed by atoms with Crippen LogP contribution < -0.4 is 5.73 Å². The first-order chi connectivity index (χ1) is 9.69. The zero-order chi connectivity index (χ0) is 14.5. The molecule has 7 heteroatoms. The second-order valence-corrected chi connectivity index (χ2v) is 5.03. The number of hydrogen-bond donors (Lipinski definition) is 2. The summed E-state index contributed by atoms with van der Waals surface area (Å²) in [5, 5.41) is 18.2. The van der Waals surface area contributed by atoms with Gasteiger partial charge in [0.05, 0.1) is 24.4 Å². The summed E-state index contributed by atoms with van der Waals surface area (Å²) in [5.41, 5.74) is 6.43. The maximum absolute atomic E-state index is 11.8. The van der Waals surface area contributed by atoms with Gasteiger partial charge in [0, 0.05) is 6.54 Å². The van der Waals surface area contributed by atoms with E-state index in [9.17, 15) is 9.90 Å². The molecule has 1 aliphatic carbocycles. The third kappa shape index (κ3) is 2.99. The standard InChI is InChI=1S/C13H22N4O3/c1-2-20-13(19)12-10(8-14)17(16-15-12)9-6-4-3-5-7-11(9)18/h9,11,18H,2-8,14H2,1H3. The zero-order valence-electron chi connectivity index (χ0n) is 11.8. The van der Waals surface area contributed by atoms with E-state index in [2.05, 4.69) is 10.3 Å². The lowest BCUT2D eigenvalue weighted by molar-refractivity contribution is 0.0517. The minimum Gasteiger partial charge on any atom is -0.461 e. The molecule has 20 heavy (non-hydrogen) atoms. The van der Waals surface area contributed by atoms with Gasteiger partial charge in [0.25, 0.3) is 0 Å². The molecule has 2 rings (SSSR count). The summed E-state index contributed by atoms with van der Waals surface area (Å²) in [5.74, 6) is -0.512. The molecular weight excluding hydrogens is 260 g/mol. The van der Waals surface area contributed by atoms with Crippen molar-refractivity contribution in [2.45, 2.75) is 57.7 Å². The Kier molecular flexibility index (Phi) is 5.08. The monoisotopic (exact) mass is 282 g/mol. The smallest absolute Gasteiger partial charge is 0.360 e. The number of esters is 1. The lowest BCUT2D eigenvalue weighted by Crippen LogP contribution is -2.27. The fourth-order valence-electron chi connectivity index (χ4n) is 2.68. The Morgan fingerprint density at radius 1 is 1.45 bits per heavy atom. The predicted molar refractivity (Wildman–Crippen MR) is 72.0 cm³/mol. The SMILES string of the molecule is CCOC(=O)c1nnn(C2CCCCCC2O)c1CN. The van der Waals surface area contributed by atoms with E-state index in [-0.39, 0.29) is 24.9 Å². The number of aliphatic hydroxyl groups is 1. The second kappa shape index (κ2) is 6.81. The van der Waals surface area contributed by atoms with Crippen LogP contribution in [0.1, 0.15) is 61.3 Å². The van der Waals surface area contributed by atoms with E-state index in [4.69, 9.17) is 10.5 Å². The average molecular weight is 282 g/mol. The molecule has 2 unspecified atom stereocenters. The fourth-order valence-corrected chi connectivity index (χ4v) is 2.68. The third-order valence-electron chi connectivity index (χ3n) is 3.71. The van der Waals surface area contributed by atoms with Crippen LogP contribution in [0.5, 0.6) is 0 Å². The summed E-state index contributed by atoms with van der Waals surface area (Å²) < 4.78 is 6.56. The summed E-state index contributed by atoms with van der Waals surface area (Å²) in [6, 6.07) is -0.160. The van der Waals surface area contributed by atoms with Gasteiger partial charge >= 0.3 is 5.97 Å². The maximum Gasteiger partial charge on any atom is 0.360 e. The van der Waals surface area contributed by atoms with Crippen molar-refractivity contribution in [2.75, 3.05) is 6.61 Å². The van der Waals surface area contributed by atoms with Crippen LogP contribution in [-0.2, 0) is 11.3 Å². The van der Waals surface area contributed by atoms with Crippen molar-refractivity contribution in [3.63, 3.8) is 0 Å². The van der Waals surface area contributed by atoms with Gasteiger partial charge in [-0.1, -0.05) is 24.5 Å². The summed E-state index contributed by atoms with van der Waals surface area (Å²) in [6.45, 7) is 2.16. The lowest BCUT2D eigenvalue weighted by Gasteiger charge is -2.22. The number of aliphatic hydroxyl groups excluding tert-OH is 1. The lowest BCUT2D eigenvalue weighted by atomic mass is 10.1. The number of hydrogen-bond acceptors (Lipinski definition) is 6. The van der Waals surface area contributed by atoms with E-state index in [1.54, 1.807) is 11.6 Å². The van der Waals surface area contributed by atoms with Crippen molar-refractivity contribution in [1.82, 2.24) is 15.0 Å². The molecule has 2 atom stereocenters. The van der Waals surface area contributed by atoms with E-state index in [0.717, 1.165) is 32.1 Å². The highest BCUT2D eigenvalue weighted by Gasteiger charge is 2.29. The first-order valence-corrected chi connectivity index (χ1v) is 7.18. The minimum absolute atomic E-state index is 0.143. The molecule has 0 bridgehead atoms. The largest absolute Gasteiger partial charge is 0.461 e. The maximum atomic E-state index is 11.8. The van der Waals surface area contributed by atoms with Gasteiger partial charge in [-0.3, -0.25) is 0 Å². The molecule has 1 aromatic rings. The molecule has 0 saturated heterocycles. The Morgan fingerprint density at radius 3 is 2.90 bits per heavy atom. The van der Waals surface area contributed by atoms with Crippen LogP contribution >= 0.6 is 0 Å². The molecule has 0 radical (unpaired) electrons. The topological polar surface area (TPSA) is 103 Å². The van der Waals surface area contributed by atoms with Crippen LogP contribution in [0.2, 0.25) is 0 Å². The second-order valence-electron chi connectivity index (χ2n) is 5.03. The molecule has 1 heterocycles. The quantitative estimate of drug-likeness (QED) is 0.625. The van der Waals surface area contributed by atoms with Crippen LogP contribution in [0.15, 0.2) is 0 Å². The fraction of sp³-hybridized carbons (Fsp3) is 0.769. The Morgan fingerprint density at radius 2 is 2.20 bits per heavy atom. The van der Waals surface area contributed by atoms with Gasteiger partial charge in [0.2, 0.25) is 0 Å². The van der Waals surface area contributed by atoms with Crippen LogP contribution in [-0.4, -0.2) is 38.8 Å². The van der Waals surface area contributed by atoms with Crippen LogP contribution in [0.4, 0.5) is 0 Å². The van der Waals surface area contributed by atoms with E-state index >= 15 is 0 Å². The van der Waals surface area contributed by atoms with E-state index < -0.39 is 12.1 Å². The number of rotatable bonds is 4. The number of nitrogens with two attached hydrogens (primary N) is 1. The predicted octanol–water partition coefficient (Wildman–Crippen LogP) is 0.780.